The summed E-state index contributed by atoms with van der Waals surface area (Å²) in [5.74, 6) is -0.296. The van der Waals surface area contributed by atoms with Crippen molar-refractivity contribution in [3.8, 4) is 0 Å². The fourth-order valence-corrected chi connectivity index (χ4v) is 5.76. The normalized spacial score (nSPS) is 14.8. The number of hydrogen-bond donors (Lipinski definition) is 1. The first-order chi connectivity index (χ1) is 15.4. The zero-order valence-electron chi connectivity index (χ0n) is 17.7. The summed E-state index contributed by atoms with van der Waals surface area (Å²) < 4.78 is 26.9. The van der Waals surface area contributed by atoms with Gasteiger partial charge in [-0.25, -0.2) is 8.42 Å². The van der Waals surface area contributed by atoms with Crippen LogP contribution in [0.3, 0.4) is 0 Å². The van der Waals surface area contributed by atoms with Gasteiger partial charge < -0.3 is 5.32 Å². The van der Waals surface area contributed by atoms with E-state index in [4.69, 9.17) is 4.98 Å². The van der Waals surface area contributed by atoms with Gasteiger partial charge >= 0.3 is 0 Å². The van der Waals surface area contributed by atoms with Crippen LogP contribution in [-0.4, -0.2) is 36.7 Å². The monoisotopic (exact) mass is 445 g/mol. The molecule has 162 valence electrons. The summed E-state index contributed by atoms with van der Waals surface area (Å²) in [4.78, 5) is 17.9. The third-order valence-corrected chi connectivity index (χ3v) is 7.81. The molecule has 1 aliphatic rings. The van der Waals surface area contributed by atoms with E-state index in [1.165, 1.54) is 16.4 Å². The van der Waals surface area contributed by atoms with Crippen molar-refractivity contribution in [1.29, 1.82) is 0 Å². The topological polar surface area (TPSA) is 79.4 Å². The zero-order valence-corrected chi connectivity index (χ0v) is 18.5. The molecule has 1 aliphatic heterocycles. The molecule has 1 amide bonds. The predicted octanol–water partition coefficient (Wildman–Crippen LogP) is 4.73. The van der Waals surface area contributed by atoms with Gasteiger partial charge in [0.25, 0.3) is 5.91 Å². The van der Waals surface area contributed by atoms with E-state index in [1.807, 2.05) is 49.4 Å². The summed E-state index contributed by atoms with van der Waals surface area (Å²) in [6.45, 7) is 3.00. The van der Waals surface area contributed by atoms with Crippen molar-refractivity contribution in [2.45, 2.75) is 24.7 Å². The summed E-state index contributed by atoms with van der Waals surface area (Å²) in [7, 11) is -3.50. The maximum atomic E-state index is 13.0. The molecule has 4 aromatic rings. The number of carbonyl (C=O) groups excluding carboxylic acids is 1. The van der Waals surface area contributed by atoms with Crippen molar-refractivity contribution in [1.82, 2.24) is 9.29 Å². The van der Waals surface area contributed by atoms with Crippen LogP contribution >= 0.6 is 0 Å². The molecule has 0 bridgehead atoms. The Kier molecular flexibility index (Phi) is 5.15. The van der Waals surface area contributed by atoms with Crippen molar-refractivity contribution in [3.63, 3.8) is 0 Å². The molecule has 0 atom stereocenters. The van der Waals surface area contributed by atoms with E-state index in [1.54, 1.807) is 12.1 Å². The van der Waals surface area contributed by atoms with Gasteiger partial charge in [0.2, 0.25) is 10.0 Å². The predicted molar refractivity (Wildman–Crippen MR) is 126 cm³/mol. The number of aromatic nitrogens is 1. The van der Waals surface area contributed by atoms with Gasteiger partial charge in [0.15, 0.2) is 0 Å². The molecular formula is C25H23N3O3S. The van der Waals surface area contributed by atoms with Crippen LogP contribution in [-0.2, 0) is 10.0 Å². The number of nitrogens with zero attached hydrogens (tertiary/aromatic N) is 2. The van der Waals surface area contributed by atoms with Crippen molar-refractivity contribution in [2.75, 3.05) is 18.4 Å². The lowest BCUT2D eigenvalue weighted by molar-refractivity contribution is 0.102. The Morgan fingerprint density at radius 1 is 0.938 bits per heavy atom. The van der Waals surface area contributed by atoms with E-state index in [-0.39, 0.29) is 10.8 Å². The van der Waals surface area contributed by atoms with Gasteiger partial charge in [0.05, 0.1) is 16.1 Å². The van der Waals surface area contributed by atoms with Crippen LogP contribution in [0.1, 0.15) is 28.9 Å². The number of anilines is 1. The number of sulfonamides is 1. The molecule has 1 aromatic heterocycles. The maximum Gasteiger partial charge on any atom is 0.255 e. The van der Waals surface area contributed by atoms with Gasteiger partial charge in [-0.3, -0.25) is 9.78 Å². The Morgan fingerprint density at radius 3 is 2.41 bits per heavy atom. The largest absolute Gasteiger partial charge is 0.321 e. The summed E-state index contributed by atoms with van der Waals surface area (Å²) >= 11 is 0. The minimum absolute atomic E-state index is 0.215. The Morgan fingerprint density at radius 2 is 1.66 bits per heavy atom. The number of fused-ring (bicyclic) bond motifs is 3. The quantitative estimate of drug-likeness (QED) is 0.461. The van der Waals surface area contributed by atoms with E-state index < -0.39 is 10.0 Å². The molecule has 1 fully saturated rings. The van der Waals surface area contributed by atoms with Crippen LogP contribution in [0.2, 0.25) is 0 Å². The van der Waals surface area contributed by atoms with E-state index in [2.05, 4.69) is 5.32 Å². The Hall–Kier alpha value is -3.29. The van der Waals surface area contributed by atoms with E-state index in [0.717, 1.165) is 40.2 Å². The molecule has 6 nitrogen and oxygen atoms in total. The van der Waals surface area contributed by atoms with Gasteiger partial charge in [-0.05, 0) is 55.5 Å². The van der Waals surface area contributed by atoms with E-state index >= 15 is 0 Å². The first kappa shape index (κ1) is 20.6. The van der Waals surface area contributed by atoms with Crippen LogP contribution in [0.15, 0.2) is 71.6 Å². The van der Waals surface area contributed by atoms with Gasteiger partial charge in [0, 0.05) is 35.1 Å². The average Bonchev–Trinajstić information content (AvgIpc) is 3.35. The third kappa shape index (κ3) is 3.63. The molecule has 0 saturated carbocycles. The highest BCUT2D eigenvalue weighted by Gasteiger charge is 2.27. The van der Waals surface area contributed by atoms with Crippen molar-refractivity contribution >= 4 is 43.3 Å². The second kappa shape index (κ2) is 8.00. The number of amides is 1. The number of hydrogen-bond acceptors (Lipinski definition) is 4. The summed E-state index contributed by atoms with van der Waals surface area (Å²) in [5.41, 5.74) is 2.72. The lowest BCUT2D eigenvalue weighted by atomic mass is 10.0. The average molecular weight is 446 g/mol. The highest BCUT2D eigenvalue weighted by Crippen LogP contribution is 2.30. The number of rotatable bonds is 4. The van der Waals surface area contributed by atoms with Crippen LogP contribution in [0, 0.1) is 6.92 Å². The standard InChI is InChI=1S/C25H23N3O3S/c1-17-16-23(22-13-10-18-6-2-3-7-21(18)24(22)26-17)27-25(29)19-8-11-20(12-9-19)32(30,31)28-14-4-5-15-28/h2-3,6-13,16H,4-5,14-15H2,1H3,(H,26,27,29). The second-order valence-corrected chi connectivity index (χ2v) is 10.0. The van der Waals surface area contributed by atoms with E-state index in [9.17, 15) is 13.2 Å². The number of benzene rings is 3. The van der Waals surface area contributed by atoms with Crippen molar-refractivity contribution in [2.24, 2.45) is 0 Å². The fourth-order valence-electron chi connectivity index (χ4n) is 4.24. The Balaban J connectivity index is 1.45. The molecule has 7 heteroatoms. The molecule has 1 saturated heterocycles. The van der Waals surface area contributed by atoms with Crippen molar-refractivity contribution < 1.29 is 13.2 Å². The minimum Gasteiger partial charge on any atom is -0.321 e. The van der Waals surface area contributed by atoms with Gasteiger partial charge in [0.1, 0.15) is 0 Å². The summed E-state index contributed by atoms with van der Waals surface area (Å²) in [5, 5.41) is 5.96. The molecule has 1 N–H and O–H groups in total. The lowest BCUT2D eigenvalue weighted by Gasteiger charge is -2.15. The highest BCUT2D eigenvalue weighted by molar-refractivity contribution is 7.89. The molecule has 0 aliphatic carbocycles. The molecule has 0 unspecified atom stereocenters. The minimum atomic E-state index is -3.50. The molecule has 5 rings (SSSR count). The van der Waals surface area contributed by atoms with Gasteiger partial charge in [-0.1, -0.05) is 36.4 Å². The number of nitrogens with one attached hydrogen (secondary N) is 1. The van der Waals surface area contributed by atoms with Crippen LogP contribution in [0.5, 0.6) is 0 Å². The number of pyridine rings is 1. The Bertz CT molecular complexity index is 1440. The highest BCUT2D eigenvalue weighted by atomic mass is 32.2. The summed E-state index contributed by atoms with van der Waals surface area (Å²) in [6.07, 6.45) is 1.77. The zero-order chi connectivity index (χ0) is 22.3. The van der Waals surface area contributed by atoms with Gasteiger partial charge in [-0.15, -0.1) is 0 Å². The number of carbonyl (C=O) groups is 1. The molecule has 32 heavy (non-hydrogen) atoms. The molecule has 0 spiro atoms. The van der Waals surface area contributed by atoms with Crippen molar-refractivity contribution in [3.05, 3.63) is 78.0 Å². The van der Waals surface area contributed by atoms with Crippen LogP contribution in [0.4, 0.5) is 5.69 Å². The first-order valence-electron chi connectivity index (χ1n) is 10.6. The SMILES string of the molecule is Cc1cc(NC(=O)c2ccc(S(=O)(=O)N3CCCC3)cc2)c2ccc3ccccc3c2n1. The maximum absolute atomic E-state index is 13.0. The fraction of sp³-hybridized carbons (Fsp3) is 0.200. The molecule has 2 heterocycles. The van der Waals surface area contributed by atoms with Gasteiger partial charge in [-0.2, -0.15) is 4.31 Å². The smallest absolute Gasteiger partial charge is 0.255 e. The molecular weight excluding hydrogens is 422 g/mol. The Labute approximate surface area is 186 Å². The van der Waals surface area contributed by atoms with Crippen LogP contribution in [0.25, 0.3) is 21.7 Å². The number of aryl methyl sites for hydroxylation is 1. The summed E-state index contributed by atoms with van der Waals surface area (Å²) in [6, 6.07) is 20.0. The first-order valence-corrected chi connectivity index (χ1v) is 12.1. The third-order valence-electron chi connectivity index (χ3n) is 5.90. The second-order valence-electron chi connectivity index (χ2n) is 8.08. The molecule has 0 radical (unpaired) electrons. The lowest BCUT2D eigenvalue weighted by Crippen LogP contribution is -2.27. The van der Waals surface area contributed by atoms with Crippen LogP contribution < -0.4 is 5.32 Å². The van der Waals surface area contributed by atoms with E-state index in [0.29, 0.717) is 24.3 Å². The molecule has 3 aromatic carbocycles.